The minimum absolute atomic E-state index is 0.0239. The lowest BCUT2D eigenvalue weighted by molar-refractivity contribution is 0.143. The minimum atomic E-state index is -1.16. The van der Waals surface area contributed by atoms with Gasteiger partial charge >= 0.3 is 6.09 Å². The average Bonchev–Trinajstić information content (AvgIpc) is 3.39. The Bertz CT molecular complexity index is 1290. The van der Waals surface area contributed by atoms with E-state index in [1.165, 1.54) is 23.4 Å². The van der Waals surface area contributed by atoms with Gasteiger partial charge in [-0.2, -0.15) is 15.5 Å². The SMILES string of the molecule is COCCOc1ncc(Nc2nc(N[C@H](C3CCC3)[C@H](C)NC(=O)O)c(F)cc2C#N)cc1-n1nccn1. The highest BCUT2D eigenvalue weighted by atomic mass is 19.1. The summed E-state index contributed by atoms with van der Waals surface area (Å²) in [6, 6.07) is 3.81. The minimum Gasteiger partial charge on any atom is -0.474 e. The van der Waals surface area contributed by atoms with Crippen molar-refractivity contribution in [1.29, 1.82) is 5.26 Å². The quantitative estimate of drug-likeness (QED) is 0.256. The van der Waals surface area contributed by atoms with Crippen molar-refractivity contribution >= 4 is 23.4 Å². The Hall–Kier alpha value is -4.51. The Morgan fingerprint density at radius 2 is 2.05 bits per heavy atom. The Kier molecular flexibility index (Phi) is 8.49. The highest BCUT2D eigenvalue weighted by molar-refractivity contribution is 5.67. The highest BCUT2D eigenvalue weighted by Crippen LogP contribution is 2.34. The molecule has 4 rings (SSSR count). The molecule has 0 bridgehead atoms. The average molecular weight is 526 g/mol. The van der Waals surface area contributed by atoms with Crippen LogP contribution in [0, 0.1) is 23.1 Å². The number of hydrogen-bond acceptors (Lipinski definition) is 10. The topological polar surface area (TPSA) is 172 Å². The summed E-state index contributed by atoms with van der Waals surface area (Å²) in [6.07, 6.45) is 6.12. The molecule has 3 heterocycles. The van der Waals surface area contributed by atoms with Gasteiger partial charge in [-0.05, 0) is 37.8 Å². The predicted octanol–water partition coefficient (Wildman–Crippen LogP) is 3.07. The van der Waals surface area contributed by atoms with Crippen LogP contribution >= 0.6 is 0 Å². The van der Waals surface area contributed by atoms with Crippen LogP contribution in [0.3, 0.4) is 0 Å². The van der Waals surface area contributed by atoms with E-state index in [-0.39, 0.29) is 41.6 Å². The number of carbonyl (C=O) groups is 1. The molecule has 4 N–H and O–H groups in total. The fourth-order valence-electron chi connectivity index (χ4n) is 4.13. The molecule has 0 radical (unpaired) electrons. The van der Waals surface area contributed by atoms with Crippen LogP contribution in [-0.4, -0.2) is 68.6 Å². The molecule has 0 unspecified atom stereocenters. The number of anilines is 3. The number of rotatable bonds is 12. The summed E-state index contributed by atoms with van der Waals surface area (Å²) in [4.78, 5) is 21.2. The van der Waals surface area contributed by atoms with Gasteiger partial charge in [-0.1, -0.05) is 6.42 Å². The number of nitriles is 1. The molecule has 1 aliphatic rings. The molecule has 0 aromatic carbocycles. The van der Waals surface area contributed by atoms with Crippen LogP contribution in [0.4, 0.5) is 26.5 Å². The van der Waals surface area contributed by atoms with E-state index in [0.717, 1.165) is 25.3 Å². The van der Waals surface area contributed by atoms with Crippen molar-refractivity contribution in [2.75, 3.05) is 31.0 Å². The van der Waals surface area contributed by atoms with Crippen LogP contribution in [0.2, 0.25) is 0 Å². The number of halogens is 1. The summed E-state index contributed by atoms with van der Waals surface area (Å²) in [5.41, 5.74) is 0.826. The van der Waals surface area contributed by atoms with Gasteiger partial charge < -0.3 is 30.5 Å². The van der Waals surface area contributed by atoms with E-state index < -0.39 is 18.0 Å². The maximum Gasteiger partial charge on any atom is 0.404 e. The fourth-order valence-corrected chi connectivity index (χ4v) is 4.13. The van der Waals surface area contributed by atoms with Crippen LogP contribution < -0.4 is 20.7 Å². The number of carboxylic acid groups (broad SMARTS) is 1. The van der Waals surface area contributed by atoms with E-state index in [9.17, 15) is 14.4 Å². The first-order chi connectivity index (χ1) is 18.4. The summed E-state index contributed by atoms with van der Waals surface area (Å²) >= 11 is 0. The monoisotopic (exact) mass is 525 g/mol. The van der Waals surface area contributed by atoms with E-state index >= 15 is 0 Å². The van der Waals surface area contributed by atoms with Gasteiger partial charge in [0.2, 0.25) is 5.88 Å². The molecule has 2 atom stereocenters. The van der Waals surface area contributed by atoms with Crippen LogP contribution in [0.15, 0.2) is 30.7 Å². The normalized spacial score (nSPS) is 14.6. The number of nitrogens with zero attached hydrogens (tertiary/aromatic N) is 6. The van der Waals surface area contributed by atoms with Crippen molar-refractivity contribution in [2.24, 2.45) is 5.92 Å². The molecule has 3 aromatic heterocycles. The van der Waals surface area contributed by atoms with Gasteiger partial charge in [0.05, 0.1) is 42.5 Å². The van der Waals surface area contributed by atoms with Gasteiger partial charge in [0.1, 0.15) is 18.4 Å². The van der Waals surface area contributed by atoms with Crippen molar-refractivity contribution in [3.63, 3.8) is 0 Å². The predicted molar refractivity (Wildman–Crippen MR) is 134 cm³/mol. The molecule has 13 nitrogen and oxygen atoms in total. The smallest absolute Gasteiger partial charge is 0.404 e. The number of aromatic nitrogens is 5. The molecule has 14 heteroatoms. The summed E-state index contributed by atoms with van der Waals surface area (Å²) < 4.78 is 25.7. The lowest BCUT2D eigenvalue weighted by Gasteiger charge is -2.38. The third kappa shape index (κ3) is 6.24. The second-order valence-electron chi connectivity index (χ2n) is 8.76. The Morgan fingerprint density at radius 3 is 2.68 bits per heavy atom. The number of amides is 1. The molecule has 1 saturated carbocycles. The van der Waals surface area contributed by atoms with Gasteiger partial charge in [0.25, 0.3) is 0 Å². The van der Waals surface area contributed by atoms with E-state index in [1.807, 2.05) is 6.07 Å². The van der Waals surface area contributed by atoms with E-state index in [2.05, 4.69) is 36.1 Å². The number of pyridine rings is 2. The van der Waals surface area contributed by atoms with Gasteiger partial charge in [-0.3, -0.25) is 0 Å². The number of nitrogens with one attached hydrogen (secondary N) is 3. The number of hydrogen-bond donors (Lipinski definition) is 4. The molecule has 38 heavy (non-hydrogen) atoms. The second-order valence-corrected chi connectivity index (χ2v) is 8.76. The van der Waals surface area contributed by atoms with Crippen molar-refractivity contribution in [2.45, 2.75) is 38.3 Å². The fraction of sp³-hybridized carbons (Fsp3) is 0.417. The molecule has 3 aromatic rings. The molecule has 0 aliphatic heterocycles. The van der Waals surface area contributed by atoms with Crippen LogP contribution in [0.1, 0.15) is 31.7 Å². The first kappa shape index (κ1) is 26.6. The zero-order valence-electron chi connectivity index (χ0n) is 20.9. The van der Waals surface area contributed by atoms with Gasteiger partial charge in [0.15, 0.2) is 17.5 Å². The molecule has 0 saturated heterocycles. The third-order valence-electron chi connectivity index (χ3n) is 6.20. The largest absolute Gasteiger partial charge is 0.474 e. The summed E-state index contributed by atoms with van der Waals surface area (Å²) in [7, 11) is 1.56. The van der Waals surface area contributed by atoms with Crippen LogP contribution in [0.25, 0.3) is 5.69 Å². The molecule has 1 amide bonds. The van der Waals surface area contributed by atoms with Crippen LogP contribution in [-0.2, 0) is 4.74 Å². The Balaban J connectivity index is 1.63. The molecular weight excluding hydrogens is 497 g/mol. The van der Waals surface area contributed by atoms with Crippen molar-refractivity contribution < 1.29 is 23.8 Å². The summed E-state index contributed by atoms with van der Waals surface area (Å²) in [5, 5.41) is 35.6. The molecular formula is C24H28FN9O4. The molecule has 200 valence electrons. The lowest BCUT2D eigenvalue weighted by Crippen LogP contribution is -2.50. The molecule has 1 fully saturated rings. The van der Waals surface area contributed by atoms with E-state index in [1.54, 1.807) is 20.1 Å². The first-order valence-corrected chi connectivity index (χ1v) is 12.0. The third-order valence-corrected chi connectivity index (χ3v) is 6.20. The number of ether oxygens (including phenoxy) is 2. The Labute approximate surface area is 218 Å². The van der Waals surface area contributed by atoms with E-state index in [4.69, 9.17) is 14.6 Å². The summed E-state index contributed by atoms with van der Waals surface area (Å²) in [5.74, 6) is -0.299. The molecule has 0 spiro atoms. The standard InChI is InChI=1S/C24H28FN9O4/c1-14(30-24(35)36)20(15-4-3-5-15)32-22-18(25)10-16(12-26)21(33-22)31-17-11-19(34-28-6-7-29-34)23(27-13-17)38-9-8-37-2/h6-7,10-11,13-15,20,30H,3-5,8-9H2,1-2H3,(H,35,36)(H2,31,32,33)/t14-,20-/m0/s1. The van der Waals surface area contributed by atoms with E-state index in [0.29, 0.717) is 18.0 Å². The van der Waals surface area contributed by atoms with Crippen molar-refractivity contribution in [3.8, 4) is 17.6 Å². The highest BCUT2D eigenvalue weighted by Gasteiger charge is 2.33. The number of methoxy groups -OCH3 is 1. The maximum atomic E-state index is 15.0. The van der Waals surface area contributed by atoms with Gasteiger partial charge in [0, 0.05) is 13.2 Å². The van der Waals surface area contributed by atoms with Gasteiger partial charge in [-0.15, -0.1) is 4.80 Å². The second kappa shape index (κ2) is 12.2. The van der Waals surface area contributed by atoms with Crippen molar-refractivity contribution in [3.05, 3.63) is 42.1 Å². The molecule has 1 aliphatic carbocycles. The summed E-state index contributed by atoms with van der Waals surface area (Å²) in [6.45, 7) is 2.34. The lowest BCUT2D eigenvalue weighted by atomic mass is 9.77. The van der Waals surface area contributed by atoms with Crippen molar-refractivity contribution in [1.82, 2.24) is 30.3 Å². The van der Waals surface area contributed by atoms with Crippen LogP contribution in [0.5, 0.6) is 5.88 Å². The first-order valence-electron chi connectivity index (χ1n) is 12.0. The maximum absolute atomic E-state index is 15.0. The zero-order valence-corrected chi connectivity index (χ0v) is 20.9. The zero-order chi connectivity index (χ0) is 27.1. The van der Waals surface area contributed by atoms with Gasteiger partial charge in [-0.25, -0.2) is 19.2 Å². The Morgan fingerprint density at radius 1 is 1.29 bits per heavy atom.